The number of nitrogens with two attached hydrogens (primary N) is 1. The van der Waals surface area contributed by atoms with E-state index in [-0.39, 0.29) is 0 Å². The molecule has 0 spiro atoms. The Hall–Kier alpha value is -0.770. The molecule has 3 nitrogen and oxygen atoms in total. The number of Topliss-reactive ketones (excluding diaryl/α,β-unsaturated/α-hetero) is 1. The van der Waals surface area contributed by atoms with Gasteiger partial charge >= 0.3 is 0 Å². The molecule has 1 rings (SSSR count). The first-order valence-electron chi connectivity index (χ1n) is 3.85. The smallest absolute Gasteiger partial charge is 0.143 e. The molecule has 0 radical (unpaired) electrons. The zero-order valence-corrected chi connectivity index (χ0v) is 7.69. The lowest BCUT2D eigenvalue weighted by Gasteiger charge is -1.98. The highest BCUT2D eigenvalue weighted by Gasteiger charge is 2.11. The molecule has 0 aromatic heterocycles. The average molecular weight is 184 g/mol. The van der Waals surface area contributed by atoms with Gasteiger partial charge in [0, 0.05) is 6.42 Å². The van der Waals surface area contributed by atoms with E-state index < -0.39 is 0 Å². The van der Waals surface area contributed by atoms with E-state index in [1.807, 2.05) is 0 Å². The maximum Gasteiger partial charge on any atom is 0.143 e. The fourth-order valence-electron chi connectivity index (χ4n) is 0.993. The van der Waals surface area contributed by atoms with Gasteiger partial charge in [0.1, 0.15) is 11.6 Å². The van der Waals surface area contributed by atoms with Crippen LogP contribution >= 0.6 is 11.8 Å². The summed E-state index contributed by atoms with van der Waals surface area (Å²) in [6.07, 6.45) is 2.41. The van der Waals surface area contributed by atoms with Gasteiger partial charge in [0.15, 0.2) is 0 Å². The molecule has 0 aromatic carbocycles. The van der Waals surface area contributed by atoms with Gasteiger partial charge in [-0.3, -0.25) is 4.79 Å². The van der Waals surface area contributed by atoms with Crippen molar-refractivity contribution in [2.45, 2.75) is 19.3 Å². The number of nitrogens with zero attached hydrogens (tertiary/aromatic N) is 1. The lowest BCUT2D eigenvalue weighted by atomic mass is 10.2. The van der Waals surface area contributed by atoms with Crippen molar-refractivity contribution >= 4 is 22.6 Å². The van der Waals surface area contributed by atoms with Crippen molar-refractivity contribution in [1.82, 2.24) is 0 Å². The Kier molecular flexibility index (Phi) is 3.34. The van der Waals surface area contributed by atoms with E-state index in [0.717, 1.165) is 17.9 Å². The first-order chi connectivity index (χ1) is 5.68. The molecule has 4 heteroatoms. The normalized spacial score (nSPS) is 22.3. The molecule has 1 heterocycles. The monoisotopic (exact) mass is 184 g/mol. The van der Waals surface area contributed by atoms with Crippen LogP contribution in [0.5, 0.6) is 0 Å². The van der Waals surface area contributed by atoms with E-state index in [2.05, 4.69) is 11.6 Å². The van der Waals surface area contributed by atoms with Gasteiger partial charge in [-0.25, -0.2) is 4.99 Å². The van der Waals surface area contributed by atoms with Crippen LogP contribution in [0.2, 0.25) is 0 Å². The highest BCUT2D eigenvalue weighted by Crippen LogP contribution is 2.17. The van der Waals surface area contributed by atoms with E-state index in [4.69, 9.17) is 5.73 Å². The zero-order valence-electron chi connectivity index (χ0n) is 6.88. The quantitative estimate of drug-likeness (QED) is 0.668. The number of thioether (sulfide) groups is 1. The van der Waals surface area contributed by atoms with E-state index >= 15 is 0 Å². The lowest BCUT2D eigenvalue weighted by Crippen LogP contribution is -1.99. The van der Waals surface area contributed by atoms with Crippen LogP contribution < -0.4 is 5.73 Å². The first-order valence-corrected chi connectivity index (χ1v) is 4.83. The second-order valence-electron chi connectivity index (χ2n) is 2.68. The Morgan fingerprint density at radius 2 is 2.33 bits per heavy atom. The summed E-state index contributed by atoms with van der Waals surface area (Å²) in [6, 6.07) is 0. The molecule has 2 N–H and O–H groups in total. The van der Waals surface area contributed by atoms with Gasteiger partial charge in [0.05, 0.1) is 10.8 Å². The van der Waals surface area contributed by atoms with Crippen molar-refractivity contribution in [3.05, 3.63) is 12.4 Å². The lowest BCUT2D eigenvalue weighted by molar-refractivity contribution is -0.116. The van der Waals surface area contributed by atoms with E-state index in [1.54, 1.807) is 0 Å². The highest BCUT2D eigenvalue weighted by atomic mass is 32.2. The van der Waals surface area contributed by atoms with Gasteiger partial charge in [0.2, 0.25) is 0 Å². The van der Waals surface area contributed by atoms with Crippen molar-refractivity contribution in [3.63, 3.8) is 0 Å². The molecule has 0 aromatic rings. The summed E-state index contributed by atoms with van der Waals surface area (Å²) in [6.45, 7) is 3.49. The average Bonchev–Trinajstić information content (AvgIpc) is 2.15. The summed E-state index contributed by atoms with van der Waals surface area (Å²) >= 11 is 1.48. The minimum Gasteiger partial charge on any atom is -0.384 e. The van der Waals surface area contributed by atoms with E-state index in [9.17, 15) is 4.79 Å². The SMILES string of the molecule is C=C(N)/N=C1/CCCC(=O)CS1. The molecule has 1 fully saturated rings. The van der Waals surface area contributed by atoms with Crippen molar-refractivity contribution in [2.24, 2.45) is 10.7 Å². The minimum absolute atomic E-state index is 0.299. The largest absolute Gasteiger partial charge is 0.384 e. The predicted molar refractivity (Wildman–Crippen MR) is 52.1 cm³/mol. The molecule has 1 aliphatic rings. The third-order valence-electron chi connectivity index (χ3n) is 1.51. The van der Waals surface area contributed by atoms with E-state index in [1.165, 1.54) is 11.8 Å². The van der Waals surface area contributed by atoms with Gasteiger partial charge in [0.25, 0.3) is 0 Å². The maximum atomic E-state index is 11.0. The summed E-state index contributed by atoms with van der Waals surface area (Å²) in [4.78, 5) is 15.0. The van der Waals surface area contributed by atoms with Gasteiger partial charge < -0.3 is 5.73 Å². The van der Waals surface area contributed by atoms with Crippen LogP contribution in [0.15, 0.2) is 17.4 Å². The maximum absolute atomic E-state index is 11.0. The summed E-state index contributed by atoms with van der Waals surface area (Å²) in [5.41, 5.74) is 5.33. The number of rotatable bonds is 1. The van der Waals surface area contributed by atoms with Gasteiger partial charge in [-0.05, 0) is 12.8 Å². The minimum atomic E-state index is 0.299. The Labute approximate surface area is 76.1 Å². The molecule has 0 unspecified atom stereocenters. The zero-order chi connectivity index (χ0) is 8.97. The molecule has 12 heavy (non-hydrogen) atoms. The second kappa shape index (κ2) is 4.30. The van der Waals surface area contributed by atoms with E-state index in [0.29, 0.717) is 23.8 Å². The van der Waals surface area contributed by atoms with Crippen molar-refractivity contribution in [1.29, 1.82) is 0 Å². The summed E-state index contributed by atoms with van der Waals surface area (Å²) in [5.74, 6) is 1.16. The summed E-state index contributed by atoms with van der Waals surface area (Å²) < 4.78 is 0. The summed E-state index contributed by atoms with van der Waals surface area (Å²) in [5, 5.41) is 0.938. The number of hydrogen-bond donors (Lipinski definition) is 1. The topological polar surface area (TPSA) is 55.4 Å². The Balaban J connectivity index is 2.57. The fourth-order valence-corrected chi connectivity index (χ4v) is 1.94. The third kappa shape index (κ3) is 3.09. The van der Waals surface area contributed by atoms with Crippen LogP contribution in [0.3, 0.4) is 0 Å². The Bertz CT molecular complexity index is 235. The number of ketones is 1. The number of carbonyl (C=O) groups is 1. The van der Waals surface area contributed by atoms with Gasteiger partial charge in [-0.15, -0.1) is 11.8 Å². The van der Waals surface area contributed by atoms with Crippen LogP contribution in [0, 0.1) is 0 Å². The van der Waals surface area contributed by atoms with Crippen LogP contribution in [0.25, 0.3) is 0 Å². The molecular formula is C8H12N2OS. The molecular weight excluding hydrogens is 172 g/mol. The molecule has 0 bridgehead atoms. The molecule has 1 aliphatic heterocycles. The standard InChI is InChI=1S/C8H12N2OS/c1-6(9)10-8-4-2-3-7(11)5-12-8/h1-5,9H2/b10-8-. The van der Waals surface area contributed by atoms with Gasteiger partial charge in [-0.2, -0.15) is 0 Å². The van der Waals surface area contributed by atoms with Crippen LogP contribution in [-0.2, 0) is 4.79 Å². The van der Waals surface area contributed by atoms with Crippen LogP contribution in [0.4, 0.5) is 0 Å². The Morgan fingerprint density at radius 3 is 3.00 bits per heavy atom. The molecule has 0 saturated carbocycles. The third-order valence-corrected chi connectivity index (χ3v) is 2.61. The molecule has 66 valence electrons. The van der Waals surface area contributed by atoms with Gasteiger partial charge in [-0.1, -0.05) is 6.58 Å². The summed E-state index contributed by atoms with van der Waals surface area (Å²) in [7, 11) is 0. The molecule has 0 atom stereocenters. The van der Waals surface area contributed by atoms with Crippen molar-refractivity contribution in [3.8, 4) is 0 Å². The first kappa shape index (κ1) is 9.32. The fraction of sp³-hybridized carbons (Fsp3) is 0.500. The van der Waals surface area contributed by atoms with Crippen molar-refractivity contribution < 1.29 is 4.79 Å². The molecule has 1 saturated heterocycles. The van der Waals surface area contributed by atoms with Crippen LogP contribution in [-0.4, -0.2) is 16.6 Å². The molecule has 0 aliphatic carbocycles. The number of hydrogen-bond acceptors (Lipinski definition) is 4. The van der Waals surface area contributed by atoms with Crippen molar-refractivity contribution in [2.75, 3.05) is 5.75 Å². The number of carbonyl (C=O) groups excluding carboxylic acids is 1. The predicted octanol–water partition coefficient (Wildman–Crippen LogP) is 1.30. The van der Waals surface area contributed by atoms with Crippen LogP contribution in [0.1, 0.15) is 19.3 Å². The number of aliphatic imine (C=N–C) groups is 1. The molecule has 0 amide bonds. The second-order valence-corrected chi connectivity index (χ2v) is 3.73. The highest BCUT2D eigenvalue weighted by molar-refractivity contribution is 8.14. The Morgan fingerprint density at radius 1 is 1.58 bits per heavy atom.